The van der Waals surface area contributed by atoms with Crippen molar-refractivity contribution in [3.8, 4) is 10.6 Å². The maximum atomic E-state index is 4.66. The van der Waals surface area contributed by atoms with Gasteiger partial charge < -0.3 is 0 Å². The van der Waals surface area contributed by atoms with Crippen LogP contribution in [0.15, 0.2) is 41.1 Å². The molecule has 4 rings (SSSR count). The molecule has 4 heterocycles. The van der Waals surface area contributed by atoms with E-state index in [4.69, 9.17) is 0 Å². The minimum absolute atomic E-state index is 0.541. The normalized spacial score (nSPS) is 18.8. The average molecular weight is 302 g/mol. The average Bonchev–Trinajstić information content (AvgIpc) is 3.18. The molecule has 0 spiro atoms. The van der Waals surface area contributed by atoms with Gasteiger partial charge in [0.2, 0.25) is 0 Å². The number of nitrogens with zero attached hydrogens (tertiary/aromatic N) is 2. The highest BCUT2D eigenvalue weighted by atomic mass is 32.2. The third-order valence-electron chi connectivity index (χ3n) is 3.28. The van der Waals surface area contributed by atoms with E-state index in [1.165, 1.54) is 21.8 Å². The molecule has 2 atom stereocenters. The number of fused-ring (bicyclic) bond motifs is 1. The molecule has 0 N–H and O–H groups in total. The molecule has 0 amide bonds. The molecule has 5 heteroatoms. The molecule has 94 valence electrons. The molecule has 19 heavy (non-hydrogen) atoms. The topological polar surface area (TPSA) is 25.8 Å². The fraction of sp³-hybridized carbons (Fsp3) is 0.143. The second-order valence-electron chi connectivity index (χ2n) is 4.44. The summed E-state index contributed by atoms with van der Waals surface area (Å²) in [5, 5.41) is 8.38. The summed E-state index contributed by atoms with van der Waals surface area (Å²) < 4.78 is 0. The second-order valence-corrected chi connectivity index (χ2v) is 7.50. The first-order chi connectivity index (χ1) is 9.42. The van der Waals surface area contributed by atoms with Gasteiger partial charge in [0.05, 0.1) is 5.25 Å². The van der Waals surface area contributed by atoms with Crippen LogP contribution < -0.4 is 0 Å². The molecule has 0 bridgehead atoms. The Hall–Kier alpha value is -1.09. The Kier molecular flexibility index (Phi) is 2.95. The molecule has 1 aliphatic rings. The second kappa shape index (κ2) is 4.78. The fourth-order valence-electron chi connectivity index (χ4n) is 2.33. The summed E-state index contributed by atoms with van der Waals surface area (Å²) in [4.78, 5) is 9.09. The van der Waals surface area contributed by atoms with Crippen molar-refractivity contribution < 1.29 is 0 Å². The van der Waals surface area contributed by atoms with Gasteiger partial charge in [-0.2, -0.15) is 0 Å². The van der Waals surface area contributed by atoms with Gasteiger partial charge in [-0.1, -0.05) is 6.08 Å². The molecule has 0 saturated heterocycles. The van der Waals surface area contributed by atoms with Gasteiger partial charge in [0.25, 0.3) is 0 Å². The summed E-state index contributed by atoms with van der Waals surface area (Å²) in [5.41, 5.74) is 2.61. The molecular formula is C14H11N2PS2. The van der Waals surface area contributed by atoms with Crippen LogP contribution in [0.2, 0.25) is 0 Å². The van der Waals surface area contributed by atoms with Crippen molar-refractivity contribution >= 4 is 41.9 Å². The van der Waals surface area contributed by atoms with E-state index in [1.807, 2.05) is 23.3 Å². The van der Waals surface area contributed by atoms with Gasteiger partial charge in [-0.05, 0) is 29.3 Å². The van der Waals surface area contributed by atoms with Crippen molar-refractivity contribution in [3.63, 3.8) is 0 Å². The third kappa shape index (κ3) is 2.04. The molecule has 0 saturated carbocycles. The first kappa shape index (κ1) is 11.7. The number of rotatable bonds is 2. The van der Waals surface area contributed by atoms with E-state index in [1.54, 1.807) is 11.3 Å². The standard InChI is InChI=1S/C14H11N2PS2/c1-2-12(18-4-1)9-6-10-11(14-15-3-5-19-14)8-17-13(10)16-7-9/h1,3-8,12,17H,2H2. The number of aromatic nitrogens is 2. The van der Waals surface area contributed by atoms with E-state index in [0.717, 1.165) is 11.4 Å². The van der Waals surface area contributed by atoms with Crippen molar-refractivity contribution in [2.45, 2.75) is 11.7 Å². The van der Waals surface area contributed by atoms with Crippen LogP contribution in [-0.4, -0.2) is 9.97 Å². The molecular weight excluding hydrogens is 291 g/mol. The highest BCUT2D eigenvalue weighted by Gasteiger charge is 2.16. The van der Waals surface area contributed by atoms with E-state index >= 15 is 0 Å². The zero-order chi connectivity index (χ0) is 12.7. The number of thiazole rings is 1. The van der Waals surface area contributed by atoms with E-state index in [2.05, 4.69) is 39.5 Å². The third-order valence-corrected chi connectivity index (χ3v) is 6.33. The van der Waals surface area contributed by atoms with Crippen molar-refractivity contribution in [1.29, 1.82) is 0 Å². The lowest BCUT2D eigenvalue weighted by Gasteiger charge is -2.08. The molecule has 0 radical (unpaired) electrons. The van der Waals surface area contributed by atoms with E-state index in [-0.39, 0.29) is 0 Å². The molecule has 0 aliphatic carbocycles. The summed E-state index contributed by atoms with van der Waals surface area (Å²) in [6.45, 7) is 0. The monoisotopic (exact) mass is 302 g/mol. The summed E-state index contributed by atoms with van der Waals surface area (Å²) >= 11 is 3.59. The highest BCUT2D eigenvalue weighted by molar-refractivity contribution is 8.02. The Morgan fingerprint density at radius 1 is 1.32 bits per heavy atom. The molecule has 3 aromatic rings. The van der Waals surface area contributed by atoms with Crippen molar-refractivity contribution in [2.24, 2.45) is 0 Å². The van der Waals surface area contributed by atoms with Gasteiger partial charge in [0.15, 0.2) is 0 Å². The van der Waals surface area contributed by atoms with Crippen LogP contribution in [-0.2, 0) is 0 Å². The number of hydrogen-bond donors (Lipinski definition) is 0. The Balaban J connectivity index is 1.85. The van der Waals surface area contributed by atoms with Crippen molar-refractivity contribution in [1.82, 2.24) is 9.97 Å². The highest BCUT2D eigenvalue weighted by Crippen LogP contribution is 2.42. The lowest BCUT2D eigenvalue weighted by atomic mass is 10.1. The van der Waals surface area contributed by atoms with Gasteiger partial charge in [0, 0.05) is 34.0 Å². The Labute approximate surface area is 121 Å². The lowest BCUT2D eigenvalue weighted by Crippen LogP contribution is -1.90. The fourth-order valence-corrected chi connectivity index (χ4v) is 5.10. The molecule has 0 aromatic carbocycles. The number of pyridine rings is 1. The van der Waals surface area contributed by atoms with Crippen LogP contribution in [0, 0.1) is 0 Å². The summed E-state index contributed by atoms with van der Waals surface area (Å²) in [6, 6.07) is 2.32. The largest absolute Gasteiger partial charge is 0.252 e. The molecule has 3 aromatic heterocycles. The van der Waals surface area contributed by atoms with Gasteiger partial charge >= 0.3 is 0 Å². The lowest BCUT2D eigenvalue weighted by molar-refractivity contribution is 0.984. The van der Waals surface area contributed by atoms with Crippen LogP contribution in [0.1, 0.15) is 17.2 Å². The van der Waals surface area contributed by atoms with Crippen LogP contribution in [0.3, 0.4) is 0 Å². The predicted octanol–water partition coefficient (Wildman–Crippen LogP) is 5.08. The Morgan fingerprint density at radius 3 is 3.11 bits per heavy atom. The molecule has 1 aliphatic heterocycles. The van der Waals surface area contributed by atoms with Gasteiger partial charge in [-0.3, -0.25) is 4.98 Å². The van der Waals surface area contributed by atoms with E-state index in [9.17, 15) is 0 Å². The number of hydrogen-bond acceptors (Lipinski definition) is 4. The molecule has 0 fully saturated rings. The predicted molar refractivity (Wildman–Crippen MR) is 86.4 cm³/mol. The number of allylic oxidation sites excluding steroid dienone is 1. The Morgan fingerprint density at radius 2 is 2.32 bits per heavy atom. The minimum atomic E-state index is 0.541. The maximum Gasteiger partial charge on any atom is 0.124 e. The summed E-state index contributed by atoms with van der Waals surface area (Å²) in [5.74, 6) is 2.28. The molecule has 2 nitrogen and oxygen atoms in total. The van der Waals surface area contributed by atoms with Crippen LogP contribution in [0.5, 0.6) is 0 Å². The first-order valence-corrected chi connectivity index (χ1v) is 8.99. The summed E-state index contributed by atoms with van der Waals surface area (Å²) in [6.07, 6.45) is 7.27. The number of thioether (sulfide) groups is 1. The smallest absolute Gasteiger partial charge is 0.124 e. The van der Waals surface area contributed by atoms with Crippen LogP contribution in [0.25, 0.3) is 21.2 Å². The zero-order valence-corrected chi connectivity index (χ0v) is 12.7. The van der Waals surface area contributed by atoms with Crippen LogP contribution >= 0.6 is 31.3 Å². The zero-order valence-electron chi connectivity index (χ0n) is 10.0. The minimum Gasteiger partial charge on any atom is -0.252 e. The van der Waals surface area contributed by atoms with Gasteiger partial charge in [0.1, 0.15) is 5.01 Å². The first-order valence-electron chi connectivity index (χ1n) is 6.09. The maximum absolute atomic E-state index is 4.66. The SMILES string of the molecule is C1=CSC(c2cnc3[pH]cc(-c4nccs4)c3c2)C1. The van der Waals surface area contributed by atoms with Crippen molar-refractivity contribution in [3.05, 3.63) is 46.7 Å². The van der Waals surface area contributed by atoms with Crippen LogP contribution in [0.4, 0.5) is 0 Å². The molecule has 2 unspecified atom stereocenters. The van der Waals surface area contributed by atoms with E-state index in [0.29, 0.717) is 13.4 Å². The van der Waals surface area contributed by atoms with Gasteiger partial charge in [-0.25, -0.2) is 4.98 Å². The quantitative estimate of drug-likeness (QED) is 0.660. The van der Waals surface area contributed by atoms with Crippen molar-refractivity contribution in [2.75, 3.05) is 0 Å². The van der Waals surface area contributed by atoms with E-state index < -0.39 is 0 Å². The summed E-state index contributed by atoms with van der Waals surface area (Å²) in [7, 11) is 0.676. The van der Waals surface area contributed by atoms with Gasteiger partial charge in [-0.15, -0.1) is 31.3 Å². The Bertz CT molecular complexity index is 738.